The number of pyridine rings is 1. The molecule has 1 aliphatic rings. The van der Waals surface area contributed by atoms with Crippen molar-refractivity contribution in [3.8, 4) is 0 Å². The summed E-state index contributed by atoms with van der Waals surface area (Å²) in [5.41, 5.74) is 7.42. The van der Waals surface area contributed by atoms with Crippen molar-refractivity contribution in [2.45, 2.75) is 19.5 Å². The molecule has 17 heavy (non-hydrogen) atoms. The Labute approximate surface area is 102 Å². The Bertz CT molecular complexity index is 501. The fourth-order valence-corrected chi connectivity index (χ4v) is 3.76. The van der Waals surface area contributed by atoms with Crippen molar-refractivity contribution in [2.24, 2.45) is 5.73 Å². The Morgan fingerprint density at radius 3 is 3.00 bits per heavy atom. The molecule has 0 aromatic carbocycles. The lowest BCUT2D eigenvalue weighted by atomic mass is 10.2. The van der Waals surface area contributed by atoms with Crippen LogP contribution in [0.15, 0.2) is 18.3 Å². The van der Waals surface area contributed by atoms with Gasteiger partial charge < -0.3 is 10.6 Å². The summed E-state index contributed by atoms with van der Waals surface area (Å²) in [6.07, 6.45) is 1.71. The second-order valence-corrected chi connectivity index (χ2v) is 6.56. The van der Waals surface area contributed by atoms with Gasteiger partial charge in [-0.15, -0.1) is 0 Å². The second kappa shape index (κ2) is 4.62. The number of sulfone groups is 1. The van der Waals surface area contributed by atoms with E-state index in [4.69, 9.17) is 5.73 Å². The van der Waals surface area contributed by atoms with Gasteiger partial charge >= 0.3 is 0 Å². The average molecular weight is 255 g/mol. The SMILES string of the molecule is CC1CS(=O)(=O)CCN1c1cccnc1CN. The maximum absolute atomic E-state index is 11.5. The second-order valence-electron chi connectivity index (χ2n) is 4.33. The zero-order chi connectivity index (χ0) is 12.5. The number of nitrogens with two attached hydrogens (primary N) is 1. The molecule has 1 fully saturated rings. The number of nitrogens with zero attached hydrogens (tertiary/aromatic N) is 2. The van der Waals surface area contributed by atoms with E-state index >= 15 is 0 Å². The van der Waals surface area contributed by atoms with Gasteiger partial charge in [0.15, 0.2) is 9.84 Å². The molecule has 1 aromatic heterocycles. The molecule has 0 bridgehead atoms. The highest BCUT2D eigenvalue weighted by Gasteiger charge is 2.29. The van der Waals surface area contributed by atoms with Crippen LogP contribution in [-0.4, -0.2) is 37.5 Å². The predicted octanol–water partition coefficient (Wildman–Crippen LogP) is 0.164. The monoisotopic (exact) mass is 255 g/mol. The number of hydrogen-bond acceptors (Lipinski definition) is 5. The largest absolute Gasteiger partial charge is 0.365 e. The molecule has 0 radical (unpaired) electrons. The molecule has 1 aliphatic heterocycles. The quantitative estimate of drug-likeness (QED) is 0.815. The van der Waals surface area contributed by atoms with E-state index < -0.39 is 9.84 Å². The van der Waals surface area contributed by atoms with Crippen LogP contribution in [0.5, 0.6) is 0 Å². The van der Waals surface area contributed by atoms with Crippen LogP contribution in [-0.2, 0) is 16.4 Å². The van der Waals surface area contributed by atoms with Gasteiger partial charge in [0, 0.05) is 25.3 Å². The van der Waals surface area contributed by atoms with E-state index in [1.165, 1.54) is 0 Å². The average Bonchev–Trinajstić information content (AvgIpc) is 2.28. The summed E-state index contributed by atoms with van der Waals surface area (Å²) in [4.78, 5) is 6.31. The highest BCUT2D eigenvalue weighted by atomic mass is 32.2. The Morgan fingerprint density at radius 2 is 2.35 bits per heavy atom. The van der Waals surface area contributed by atoms with Crippen molar-refractivity contribution in [1.82, 2.24) is 4.98 Å². The van der Waals surface area contributed by atoms with Gasteiger partial charge in [-0.3, -0.25) is 4.98 Å². The molecular formula is C11H17N3O2S. The van der Waals surface area contributed by atoms with E-state index in [0.29, 0.717) is 13.1 Å². The minimum Gasteiger partial charge on any atom is -0.365 e. The van der Waals surface area contributed by atoms with Gasteiger partial charge in [-0.05, 0) is 19.1 Å². The minimum atomic E-state index is -2.89. The molecule has 2 heterocycles. The number of anilines is 1. The van der Waals surface area contributed by atoms with Crippen molar-refractivity contribution in [3.05, 3.63) is 24.0 Å². The number of aromatic nitrogens is 1. The first kappa shape index (κ1) is 12.3. The molecule has 0 amide bonds. The zero-order valence-corrected chi connectivity index (χ0v) is 10.7. The molecule has 1 atom stereocenters. The van der Waals surface area contributed by atoms with E-state index in [1.54, 1.807) is 6.20 Å². The topological polar surface area (TPSA) is 76.3 Å². The molecular weight excluding hydrogens is 238 g/mol. The summed E-state index contributed by atoms with van der Waals surface area (Å²) in [6.45, 7) is 2.80. The van der Waals surface area contributed by atoms with Crippen LogP contribution < -0.4 is 10.6 Å². The first-order valence-electron chi connectivity index (χ1n) is 5.64. The minimum absolute atomic E-state index is 0.0248. The summed E-state index contributed by atoms with van der Waals surface area (Å²) in [5.74, 6) is 0.405. The van der Waals surface area contributed by atoms with Crippen molar-refractivity contribution < 1.29 is 8.42 Å². The summed E-state index contributed by atoms with van der Waals surface area (Å²) < 4.78 is 23.1. The van der Waals surface area contributed by atoms with E-state index in [9.17, 15) is 8.42 Å². The van der Waals surface area contributed by atoms with Gasteiger partial charge in [0.05, 0.1) is 22.9 Å². The maximum atomic E-state index is 11.5. The number of rotatable bonds is 2. The van der Waals surface area contributed by atoms with E-state index in [2.05, 4.69) is 9.88 Å². The zero-order valence-electron chi connectivity index (χ0n) is 9.83. The summed E-state index contributed by atoms with van der Waals surface area (Å²) in [7, 11) is -2.89. The first-order chi connectivity index (χ1) is 8.03. The molecule has 2 rings (SSSR count). The van der Waals surface area contributed by atoms with Gasteiger partial charge in [-0.2, -0.15) is 0 Å². The lowest BCUT2D eigenvalue weighted by Gasteiger charge is -2.35. The molecule has 2 N–H and O–H groups in total. The Balaban J connectivity index is 2.29. The van der Waals surface area contributed by atoms with Gasteiger partial charge in [0.2, 0.25) is 0 Å². The third-order valence-corrected chi connectivity index (χ3v) is 4.83. The van der Waals surface area contributed by atoms with Gasteiger partial charge in [0.1, 0.15) is 0 Å². The molecule has 0 spiro atoms. The van der Waals surface area contributed by atoms with Crippen LogP contribution in [0.25, 0.3) is 0 Å². The van der Waals surface area contributed by atoms with Gasteiger partial charge in [-0.1, -0.05) is 0 Å². The third-order valence-electron chi connectivity index (χ3n) is 3.04. The van der Waals surface area contributed by atoms with Crippen molar-refractivity contribution in [1.29, 1.82) is 0 Å². The molecule has 5 nitrogen and oxygen atoms in total. The van der Waals surface area contributed by atoms with E-state index in [-0.39, 0.29) is 17.5 Å². The van der Waals surface area contributed by atoms with Crippen LogP contribution in [0.1, 0.15) is 12.6 Å². The van der Waals surface area contributed by atoms with Crippen LogP contribution in [0, 0.1) is 0 Å². The summed E-state index contributed by atoms with van der Waals surface area (Å²) in [5, 5.41) is 0. The Kier molecular flexibility index (Phi) is 3.35. The van der Waals surface area contributed by atoms with E-state index in [1.807, 2.05) is 19.1 Å². The summed E-state index contributed by atoms with van der Waals surface area (Å²) in [6, 6.07) is 3.77. The van der Waals surface area contributed by atoms with Crippen molar-refractivity contribution >= 4 is 15.5 Å². The fraction of sp³-hybridized carbons (Fsp3) is 0.545. The normalized spacial score (nSPS) is 23.6. The van der Waals surface area contributed by atoms with Gasteiger partial charge in [-0.25, -0.2) is 8.42 Å². The molecule has 1 saturated heterocycles. The number of hydrogen-bond donors (Lipinski definition) is 1. The summed E-state index contributed by atoms with van der Waals surface area (Å²) >= 11 is 0. The van der Waals surface area contributed by atoms with Gasteiger partial charge in [0.25, 0.3) is 0 Å². The molecule has 0 aliphatic carbocycles. The predicted molar refractivity (Wildman–Crippen MR) is 67.6 cm³/mol. The maximum Gasteiger partial charge on any atom is 0.154 e. The molecule has 6 heteroatoms. The van der Waals surface area contributed by atoms with E-state index in [0.717, 1.165) is 11.4 Å². The van der Waals surface area contributed by atoms with Crippen molar-refractivity contribution in [2.75, 3.05) is 23.0 Å². The van der Waals surface area contributed by atoms with Crippen LogP contribution in [0.2, 0.25) is 0 Å². The third kappa shape index (κ3) is 2.58. The first-order valence-corrected chi connectivity index (χ1v) is 7.46. The van der Waals surface area contributed by atoms with Crippen LogP contribution in [0.4, 0.5) is 5.69 Å². The van der Waals surface area contributed by atoms with Crippen LogP contribution >= 0.6 is 0 Å². The Morgan fingerprint density at radius 1 is 1.59 bits per heavy atom. The fourth-order valence-electron chi connectivity index (χ4n) is 2.20. The lowest BCUT2D eigenvalue weighted by molar-refractivity contribution is 0.567. The molecule has 1 unspecified atom stereocenters. The van der Waals surface area contributed by atoms with Crippen LogP contribution in [0.3, 0.4) is 0 Å². The molecule has 1 aromatic rings. The van der Waals surface area contributed by atoms with Crippen molar-refractivity contribution in [3.63, 3.8) is 0 Å². The lowest BCUT2D eigenvalue weighted by Crippen LogP contribution is -2.47. The Hall–Kier alpha value is -1.14. The highest BCUT2D eigenvalue weighted by molar-refractivity contribution is 7.91. The molecule has 94 valence electrons. The smallest absolute Gasteiger partial charge is 0.154 e. The highest BCUT2D eigenvalue weighted by Crippen LogP contribution is 2.23. The standard InChI is InChI=1S/C11H17N3O2S/c1-9-8-17(15,16)6-5-14(9)11-3-2-4-13-10(11)7-12/h2-4,9H,5-8,12H2,1H3. The molecule has 0 saturated carbocycles.